The van der Waals surface area contributed by atoms with E-state index in [1.807, 2.05) is 0 Å². The number of aliphatic carboxylic acids is 1. The van der Waals surface area contributed by atoms with Crippen LogP contribution in [0.5, 0.6) is 5.75 Å². The van der Waals surface area contributed by atoms with Gasteiger partial charge in [0.05, 0.1) is 16.3 Å². The Kier molecular flexibility index (Phi) is 10.7. The molecule has 6 nitrogen and oxygen atoms in total. The highest BCUT2D eigenvalue weighted by molar-refractivity contribution is 6.30. The van der Waals surface area contributed by atoms with E-state index >= 15 is 4.39 Å². The second kappa shape index (κ2) is 14.2. The van der Waals surface area contributed by atoms with Crippen LogP contribution in [0.15, 0.2) is 79.0 Å². The van der Waals surface area contributed by atoms with Gasteiger partial charge in [0.1, 0.15) is 17.1 Å². The Morgan fingerprint density at radius 3 is 2.19 bits per heavy atom. The van der Waals surface area contributed by atoms with Crippen molar-refractivity contribution >= 4 is 23.5 Å². The minimum Gasteiger partial charge on any atom is -0.481 e. The van der Waals surface area contributed by atoms with E-state index in [9.17, 15) is 40.3 Å². The number of carboxylic acids is 1. The van der Waals surface area contributed by atoms with Crippen LogP contribution in [0.3, 0.4) is 0 Å². The van der Waals surface area contributed by atoms with Gasteiger partial charge in [-0.1, -0.05) is 41.9 Å². The highest BCUT2D eigenvalue weighted by Gasteiger charge is 2.45. The number of pyridine rings is 1. The summed E-state index contributed by atoms with van der Waals surface area (Å²) in [5, 5.41) is 11.7. The van der Waals surface area contributed by atoms with E-state index < -0.39 is 58.8 Å². The van der Waals surface area contributed by atoms with Crippen molar-refractivity contribution in [3.8, 4) is 5.75 Å². The fourth-order valence-corrected chi connectivity index (χ4v) is 5.05. The zero-order chi connectivity index (χ0) is 35.4. The monoisotopic (exact) mass is 700 g/mol. The third-order valence-electron chi connectivity index (χ3n) is 7.29. The Bertz CT molecular complexity index is 1780. The Labute approximate surface area is 273 Å². The van der Waals surface area contributed by atoms with Crippen molar-refractivity contribution in [1.29, 1.82) is 0 Å². The number of carboxylic acid groups (broad SMARTS) is 1. The van der Waals surface area contributed by atoms with E-state index in [-0.39, 0.29) is 41.1 Å². The highest BCUT2D eigenvalue weighted by Crippen LogP contribution is 2.38. The molecule has 1 heterocycles. The molecule has 1 atom stereocenters. The van der Waals surface area contributed by atoms with Gasteiger partial charge in [-0.2, -0.15) is 30.7 Å². The summed E-state index contributed by atoms with van der Waals surface area (Å²) >= 11 is 6.03. The quantitative estimate of drug-likeness (QED) is 0.145. The number of alkyl halides is 7. The molecule has 0 aliphatic carbocycles. The zero-order valence-corrected chi connectivity index (χ0v) is 25.5. The third-order valence-corrected chi connectivity index (χ3v) is 7.51. The van der Waals surface area contributed by atoms with Crippen LogP contribution >= 0.6 is 11.6 Å². The largest absolute Gasteiger partial charge is 0.481 e. The molecular weight excluding hydrogens is 676 g/mol. The summed E-state index contributed by atoms with van der Waals surface area (Å²) in [6, 6.07) is 13.6. The maximum atomic E-state index is 15.1. The summed E-state index contributed by atoms with van der Waals surface area (Å²) in [6.45, 7) is 1.19. The molecule has 0 saturated heterocycles. The molecule has 2 N–H and O–H groups in total. The van der Waals surface area contributed by atoms with Crippen molar-refractivity contribution in [1.82, 2.24) is 10.3 Å². The first-order chi connectivity index (χ1) is 22.4. The molecule has 0 aliphatic heterocycles. The molecule has 0 saturated carbocycles. The minimum absolute atomic E-state index is 0.101. The van der Waals surface area contributed by atoms with Crippen molar-refractivity contribution in [3.05, 3.63) is 129 Å². The Morgan fingerprint density at radius 1 is 0.938 bits per heavy atom. The number of aryl methyl sites for hydroxylation is 2. The molecule has 0 aliphatic rings. The first-order valence-electron chi connectivity index (χ1n) is 14.0. The van der Waals surface area contributed by atoms with E-state index in [0.717, 1.165) is 30.5 Å². The SMILES string of the molecule is Cc1ccc(C(=O)N[C@@](Cc2ccc(CCC(=O)O)cc2)(c2cc(F)cc(OC(F)(F)C(F)F)c2)c2ccc(Cl)cn2)cc1C(F)(F)F. The first-order valence-corrected chi connectivity index (χ1v) is 14.4. The van der Waals surface area contributed by atoms with E-state index in [4.69, 9.17) is 16.7 Å². The number of nitrogens with zero attached hydrogens (tertiary/aromatic N) is 1. The van der Waals surface area contributed by atoms with Crippen molar-refractivity contribution in [2.75, 3.05) is 0 Å². The van der Waals surface area contributed by atoms with Gasteiger partial charge in [-0.25, -0.2) is 4.39 Å². The van der Waals surface area contributed by atoms with Gasteiger partial charge in [0.2, 0.25) is 0 Å². The minimum atomic E-state index is -5.04. The summed E-state index contributed by atoms with van der Waals surface area (Å²) < 4.78 is 114. The summed E-state index contributed by atoms with van der Waals surface area (Å²) in [5.41, 5.74) is -3.34. The van der Waals surface area contributed by atoms with Crippen LogP contribution in [-0.4, -0.2) is 34.5 Å². The van der Waals surface area contributed by atoms with Crippen LogP contribution in [-0.2, 0) is 29.4 Å². The van der Waals surface area contributed by atoms with Gasteiger partial charge >= 0.3 is 24.7 Å². The van der Waals surface area contributed by atoms with E-state index in [2.05, 4.69) is 15.0 Å². The van der Waals surface area contributed by atoms with Crippen LogP contribution in [0.1, 0.15) is 50.3 Å². The van der Waals surface area contributed by atoms with Gasteiger partial charge < -0.3 is 15.2 Å². The van der Waals surface area contributed by atoms with Gasteiger partial charge in [0.25, 0.3) is 5.91 Å². The van der Waals surface area contributed by atoms with Crippen LogP contribution in [0.25, 0.3) is 0 Å². The van der Waals surface area contributed by atoms with Crippen molar-refractivity contribution in [2.45, 2.75) is 50.4 Å². The zero-order valence-electron chi connectivity index (χ0n) is 24.7. The average Bonchev–Trinajstić information content (AvgIpc) is 2.99. The van der Waals surface area contributed by atoms with Gasteiger partial charge in [-0.3, -0.25) is 14.6 Å². The number of rotatable bonds is 12. The number of hydrogen-bond acceptors (Lipinski definition) is 4. The fourth-order valence-electron chi connectivity index (χ4n) is 4.93. The number of halogens is 9. The van der Waals surface area contributed by atoms with Crippen LogP contribution < -0.4 is 10.1 Å². The average molecular weight is 701 g/mol. The number of carbonyl (C=O) groups is 2. The molecular formula is C33H25ClF8N2O4. The van der Waals surface area contributed by atoms with E-state index in [1.54, 1.807) is 12.1 Å². The topological polar surface area (TPSA) is 88.5 Å². The number of ether oxygens (including phenoxy) is 1. The van der Waals surface area contributed by atoms with Crippen LogP contribution in [0.4, 0.5) is 35.1 Å². The molecule has 0 bridgehead atoms. The van der Waals surface area contributed by atoms with Gasteiger partial charge in [-0.05, 0) is 72.0 Å². The van der Waals surface area contributed by atoms with Gasteiger partial charge in [0.15, 0.2) is 0 Å². The lowest BCUT2D eigenvalue weighted by molar-refractivity contribution is -0.253. The maximum Gasteiger partial charge on any atom is 0.461 e. The molecule has 0 fully saturated rings. The van der Waals surface area contributed by atoms with E-state index in [0.29, 0.717) is 23.3 Å². The van der Waals surface area contributed by atoms with Crippen LogP contribution in [0.2, 0.25) is 5.02 Å². The Balaban J connectivity index is 1.94. The molecule has 254 valence electrons. The summed E-state index contributed by atoms with van der Waals surface area (Å²) in [4.78, 5) is 29.1. The van der Waals surface area contributed by atoms with E-state index in [1.165, 1.54) is 31.2 Å². The molecule has 4 rings (SSSR count). The lowest BCUT2D eigenvalue weighted by Gasteiger charge is -2.36. The van der Waals surface area contributed by atoms with Crippen molar-refractivity contribution in [2.24, 2.45) is 0 Å². The smallest absolute Gasteiger partial charge is 0.461 e. The lowest BCUT2D eigenvalue weighted by atomic mass is 9.79. The second-order valence-electron chi connectivity index (χ2n) is 10.8. The molecule has 3 aromatic carbocycles. The number of amides is 1. The molecule has 0 radical (unpaired) electrons. The third kappa shape index (κ3) is 8.59. The standard InChI is InChI=1S/C33H25ClF8N2O4/c1-18-2-8-21(12-26(18)32(38,39)40)29(47)44-31(27-10-9-23(34)17-43-27,16-20-5-3-19(4-6-20)7-11-28(45)46)22-13-24(35)15-25(14-22)48-33(41,42)30(36)37/h2-6,8-10,12-15,17,30H,7,11,16H2,1H3,(H,44,47)(H,45,46)/t31-/m0/s1. The maximum absolute atomic E-state index is 15.1. The first kappa shape index (κ1) is 36.1. The number of nitrogens with one attached hydrogen (secondary N) is 1. The molecule has 1 amide bonds. The molecule has 15 heteroatoms. The number of carbonyl (C=O) groups excluding carboxylic acids is 1. The van der Waals surface area contributed by atoms with Crippen LogP contribution in [0, 0.1) is 12.7 Å². The summed E-state index contributed by atoms with van der Waals surface area (Å²) in [5.74, 6) is -4.47. The molecule has 1 aromatic heterocycles. The van der Waals surface area contributed by atoms with Crippen molar-refractivity contribution < 1.29 is 54.6 Å². The highest BCUT2D eigenvalue weighted by atomic mass is 35.5. The molecule has 4 aromatic rings. The summed E-state index contributed by atoms with van der Waals surface area (Å²) in [6.07, 6.45) is -13.4. The van der Waals surface area contributed by atoms with Crippen molar-refractivity contribution in [3.63, 3.8) is 0 Å². The predicted molar refractivity (Wildman–Crippen MR) is 158 cm³/mol. The molecule has 0 spiro atoms. The fraction of sp³-hybridized carbons (Fsp3) is 0.242. The number of aromatic nitrogens is 1. The Morgan fingerprint density at radius 2 is 1.60 bits per heavy atom. The summed E-state index contributed by atoms with van der Waals surface area (Å²) in [7, 11) is 0. The Hall–Kier alpha value is -4.72. The van der Waals surface area contributed by atoms with Gasteiger partial charge in [0, 0.05) is 30.7 Å². The predicted octanol–water partition coefficient (Wildman–Crippen LogP) is 8.37. The van der Waals surface area contributed by atoms with Gasteiger partial charge in [-0.15, -0.1) is 0 Å². The molecule has 48 heavy (non-hydrogen) atoms. The normalized spacial score (nSPS) is 13.2. The lowest BCUT2D eigenvalue weighted by Crippen LogP contribution is -2.49. The number of benzene rings is 3. The molecule has 0 unspecified atom stereocenters. The number of hydrogen-bond donors (Lipinski definition) is 2. The second-order valence-corrected chi connectivity index (χ2v) is 11.2.